The van der Waals surface area contributed by atoms with E-state index in [1.165, 1.54) is 0 Å². The highest BCUT2D eigenvalue weighted by Gasteiger charge is 2.51. The van der Waals surface area contributed by atoms with Crippen LogP contribution < -0.4 is 0 Å². The van der Waals surface area contributed by atoms with Crippen LogP contribution in [-0.4, -0.2) is 47.5 Å². The van der Waals surface area contributed by atoms with Gasteiger partial charge in [-0.25, -0.2) is 4.79 Å². The SMILES string of the molecule is CCCCON1C(=O)N2C[C@H]1CC[C@H]2C1OC(c2ccccc2)O1. The lowest BCUT2D eigenvalue weighted by molar-refractivity contribution is -0.404. The standard InChI is InChI=1S/C18H24N2O4/c1-2-3-11-22-20-14-9-10-15(19(12-14)18(20)21)17-23-16(24-17)13-7-5-4-6-8-13/h4-8,14-17H,2-3,9-12H2,1H3/t14-,15+,16?,17?/m1/s1. The molecule has 0 radical (unpaired) electrons. The molecule has 3 saturated heterocycles. The molecule has 3 aliphatic heterocycles. The van der Waals surface area contributed by atoms with Gasteiger partial charge in [-0.05, 0) is 19.3 Å². The summed E-state index contributed by atoms with van der Waals surface area (Å²) in [5.41, 5.74) is 1.01. The van der Waals surface area contributed by atoms with Crippen molar-refractivity contribution in [1.82, 2.24) is 9.96 Å². The molecule has 24 heavy (non-hydrogen) atoms. The number of urea groups is 1. The Hall–Kier alpha value is -1.63. The molecule has 3 fully saturated rings. The van der Waals surface area contributed by atoms with Crippen LogP contribution in [0.2, 0.25) is 0 Å². The van der Waals surface area contributed by atoms with Gasteiger partial charge in [0.1, 0.15) is 0 Å². The third kappa shape index (κ3) is 2.79. The molecule has 4 rings (SSSR count). The number of fused-ring (bicyclic) bond motifs is 2. The van der Waals surface area contributed by atoms with Crippen molar-refractivity contribution < 1.29 is 19.1 Å². The summed E-state index contributed by atoms with van der Waals surface area (Å²) in [4.78, 5) is 20.2. The van der Waals surface area contributed by atoms with Crippen LogP contribution in [-0.2, 0) is 14.3 Å². The number of hydroxylamine groups is 2. The van der Waals surface area contributed by atoms with Gasteiger partial charge in [0.05, 0.1) is 18.7 Å². The first-order chi connectivity index (χ1) is 11.8. The van der Waals surface area contributed by atoms with E-state index in [-0.39, 0.29) is 30.7 Å². The molecular formula is C18H24N2O4. The zero-order valence-electron chi connectivity index (χ0n) is 14.0. The molecule has 2 atom stereocenters. The average Bonchev–Trinajstić information content (AvgIpc) is 2.82. The Labute approximate surface area is 142 Å². The fraction of sp³-hybridized carbons (Fsp3) is 0.611. The fourth-order valence-corrected chi connectivity index (χ4v) is 3.62. The molecule has 0 spiro atoms. The van der Waals surface area contributed by atoms with E-state index in [1.54, 1.807) is 5.06 Å². The van der Waals surface area contributed by atoms with Crippen LogP contribution in [0.15, 0.2) is 30.3 Å². The number of amides is 2. The largest absolute Gasteiger partial charge is 0.344 e. The van der Waals surface area contributed by atoms with Gasteiger partial charge in [-0.3, -0.25) is 4.84 Å². The second-order valence-electron chi connectivity index (χ2n) is 6.63. The van der Waals surface area contributed by atoms with Gasteiger partial charge >= 0.3 is 6.03 Å². The van der Waals surface area contributed by atoms with E-state index in [9.17, 15) is 4.79 Å². The molecule has 2 bridgehead atoms. The highest BCUT2D eigenvalue weighted by molar-refractivity contribution is 5.77. The maximum Gasteiger partial charge on any atom is 0.344 e. The molecule has 0 unspecified atom stereocenters. The summed E-state index contributed by atoms with van der Waals surface area (Å²) >= 11 is 0. The van der Waals surface area contributed by atoms with E-state index >= 15 is 0 Å². The number of carbonyl (C=O) groups excluding carboxylic acids is 1. The van der Waals surface area contributed by atoms with Crippen LogP contribution in [0.1, 0.15) is 44.5 Å². The van der Waals surface area contributed by atoms with Crippen LogP contribution in [0.4, 0.5) is 4.79 Å². The fourth-order valence-electron chi connectivity index (χ4n) is 3.62. The van der Waals surface area contributed by atoms with Crippen molar-refractivity contribution in [3.8, 4) is 0 Å². The minimum atomic E-state index is -0.337. The third-order valence-corrected chi connectivity index (χ3v) is 5.00. The van der Waals surface area contributed by atoms with Gasteiger partial charge in [0.15, 0.2) is 12.6 Å². The minimum Gasteiger partial charge on any atom is -0.317 e. The van der Waals surface area contributed by atoms with E-state index in [4.69, 9.17) is 14.3 Å². The number of hydrogen-bond acceptors (Lipinski definition) is 4. The summed E-state index contributed by atoms with van der Waals surface area (Å²) in [5, 5.41) is 1.57. The summed E-state index contributed by atoms with van der Waals surface area (Å²) in [7, 11) is 0. The highest BCUT2D eigenvalue weighted by Crippen LogP contribution is 2.40. The van der Waals surface area contributed by atoms with Crippen molar-refractivity contribution >= 4 is 6.03 Å². The molecule has 0 N–H and O–H groups in total. The minimum absolute atomic E-state index is 0.0199. The number of nitrogens with zero attached hydrogens (tertiary/aromatic N) is 2. The number of rotatable bonds is 6. The summed E-state index contributed by atoms with van der Waals surface area (Å²) in [6.07, 6.45) is 3.19. The van der Waals surface area contributed by atoms with Crippen molar-refractivity contribution in [1.29, 1.82) is 0 Å². The van der Waals surface area contributed by atoms with Gasteiger partial charge < -0.3 is 14.4 Å². The molecule has 3 heterocycles. The maximum atomic E-state index is 12.6. The van der Waals surface area contributed by atoms with Gasteiger partial charge in [-0.15, -0.1) is 0 Å². The first-order valence-electron chi connectivity index (χ1n) is 8.86. The molecule has 0 aliphatic carbocycles. The predicted octanol–water partition coefficient (Wildman–Crippen LogP) is 3.06. The number of unbranched alkanes of at least 4 members (excludes halogenated alkanes) is 1. The van der Waals surface area contributed by atoms with Gasteiger partial charge in [-0.1, -0.05) is 43.7 Å². The third-order valence-electron chi connectivity index (χ3n) is 5.00. The highest BCUT2D eigenvalue weighted by atomic mass is 16.9. The Balaban J connectivity index is 1.35. The van der Waals surface area contributed by atoms with E-state index in [0.29, 0.717) is 13.2 Å². The first-order valence-corrected chi connectivity index (χ1v) is 8.86. The second-order valence-corrected chi connectivity index (χ2v) is 6.63. The number of benzene rings is 1. The Morgan fingerprint density at radius 1 is 1.21 bits per heavy atom. The topological polar surface area (TPSA) is 51.2 Å². The number of hydrogen-bond donors (Lipinski definition) is 0. The summed E-state index contributed by atoms with van der Waals surface area (Å²) < 4.78 is 11.8. The average molecular weight is 332 g/mol. The second kappa shape index (κ2) is 6.70. The lowest BCUT2D eigenvalue weighted by atomic mass is 9.99. The smallest absolute Gasteiger partial charge is 0.317 e. The van der Waals surface area contributed by atoms with Crippen LogP contribution >= 0.6 is 0 Å². The lowest BCUT2D eigenvalue weighted by Gasteiger charge is -2.44. The molecular weight excluding hydrogens is 308 g/mol. The van der Waals surface area contributed by atoms with E-state index in [2.05, 4.69) is 6.92 Å². The van der Waals surface area contributed by atoms with Gasteiger partial charge in [-0.2, -0.15) is 5.06 Å². The number of ether oxygens (including phenoxy) is 2. The molecule has 6 nitrogen and oxygen atoms in total. The molecule has 2 amide bonds. The van der Waals surface area contributed by atoms with Crippen LogP contribution in [0.25, 0.3) is 0 Å². The Morgan fingerprint density at radius 3 is 2.75 bits per heavy atom. The molecule has 130 valence electrons. The number of piperidine rings is 1. The van der Waals surface area contributed by atoms with Gasteiger partial charge in [0.2, 0.25) is 0 Å². The van der Waals surface area contributed by atoms with Crippen LogP contribution in [0, 0.1) is 0 Å². The van der Waals surface area contributed by atoms with Crippen molar-refractivity contribution in [3.63, 3.8) is 0 Å². The van der Waals surface area contributed by atoms with Gasteiger partial charge in [0.25, 0.3) is 0 Å². The van der Waals surface area contributed by atoms with Crippen molar-refractivity contribution in [2.24, 2.45) is 0 Å². The molecule has 3 aliphatic rings. The van der Waals surface area contributed by atoms with Crippen molar-refractivity contribution in [2.45, 2.75) is 57.3 Å². The molecule has 0 aromatic heterocycles. The Kier molecular flexibility index (Phi) is 4.43. The molecule has 0 saturated carbocycles. The zero-order chi connectivity index (χ0) is 16.5. The lowest BCUT2D eigenvalue weighted by Crippen LogP contribution is -2.54. The van der Waals surface area contributed by atoms with E-state index < -0.39 is 0 Å². The summed E-state index contributed by atoms with van der Waals surface area (Å²) in [5.74, 6) is 0. The monoisotopic (exact) mass is 332 g/mol. The van der Waals surface area contributed by atoms with Crippen molar-refractivity contribution in [3.05, 3.63) is 35.9 Å². The summed E-state index contributed by atoms with van der Waals surface area (Å²) in [6.45, 7) is 3.42. The van der Waals surface area contributed by atoms with E-state index in [0.717, 1.165) is 31.2 Å². The Bertz CT molecular complexity index is 576. The molecule has 6 heteroatoms. The quantitative estimate of drug-likeness (QED) is 0.751. The Morgan fingerprint density at radius 2 is 2.00 bits per heavy atom. The maximum absolute atomic E-state index is 12.6. The van der Waals surface area contributed by atoms with E-state index in [1.807, 2.05) is 35.2 Å². The van der Waals surface area contributed by atoms with Gasteiger partial charge in [0, 0.05) is 12.1 Å². The number of carbonyl (C=O) groups is 1. The molecule has 1 aromatic rings. The summed E-state index contributed by atoms with van der Waals surface area (Å²) in [6, 6.07) is 9.98. The van der Waals surface area contributed by atoms with Crippen LogP contribution in [0.5, 0.6) is 0 Å². The first kappa shape index (κ1) is 15.9. The normalized spacial score (nSPS) is 32.1. The predicted molar refractivity (Wildman–Crippen MR) is 86.8 cm³/mol. The molecule has 1 aromatic carbocycles. The van der Waals surface area contributed by atoms with Crippen molar-refractivity contribution in [2.75, 3.05) is 13.2 Å². The van der Waals surface area contributed by atoms with Crippen LogP contribution in [0.3, 0.4) is 0 Å². The zero-order valence-corrected chi connectivity index (χ0v) is 14.0.